The number of rotatable bonds is 4. The van der Waals surface area contributed by atoms with Gasteiger partial charge in [0.15, 0.2) is 0 Å². The zero-order valence-corrected chi connectivity index (χ0v) is 13.4. The zero-order valence-electron chi connectivity index (χ0n) is 11.0. The van der Waals surface area contributed by atoms with Crippen molar-refractivity contribution in [1.29, 1.82) is 0 Å². The second kappa shape index (κ2) is 6.75. The highest BCUT2D eigenvalue weighted by Gasteiger charge is 2.34. The number of carbonyl (C=O) groups is 1. The third kappa shape index (κ3) is 4.51. The van der Waals surface area contributed by atoms with Crippen LogP contribution in [0.3, 0.4) is 0 Å². The second-order valence-corrected chi connectivity index (χ2v) is 6.51. The molecule has 0 bridgehead atoms. The second-order valence-electron chi connectivity index (χ2n) is 4.44. The average molecular weight is 391 g/mol. The summed E-state index contributed by atoms with van der Waals surface area (Å²) in [6.07, 6.45) is -5.24. The van der Waals surface area contributed by atoms with E-state index in [9.17, 15) is 18.0 Å². The van der Waals surface area contributed by atoms with Crippen molar-refractivity contribution in [3.05, 3.63) is 58.1 Å². The molecule has 2 aromatic rings. The van der Waals surface area contributed by atoms with Gasteiger partial charge in [0, 0.05) is 14.3 Å². The van der Waals surface area contributed by atoms with Crippen LogP contribution in [0.2, 0.25) is 0 Å². The Kier molecular flexibility index (Phi) is 5.18. The van der Waals surface area contributed by atoms with Gasteiger partial charge in [-0.1, -0.05) is 33.8 Å². The maximum atomic E-state index is 13.1. The van der Waals surface area contributed by atoms with Crippen LogP contribution in [0.1, 0.15) is 11.1 Å². The number of hydrogen-bond donors (Lipinski definition) is 1. The highest BCUT2D eigenvalue weighted by Crippen LogP contribution is 2.37. The molecule has 0 saturated carbocycles. The van der Waals surface area contributed by atoms with Crippen molar-refractivity contribution in [2.75, 3.05) is 0 Å². The molecule has 0 heterocycles. The lowest BCUT2D eigenvalue weighted by Gasteiger charge is -2.13. The molecule has 0 saturated heterocycles. The van der Waals surface area contributed by atoms with E-state index in [4.69, 9.17) is 5.11 Å². The first-order valence-corrected chi connectivity index (χ1v) is 7.72. The Morgan fingerprint density at radius 2 is 1.68 bits per heavy atom. The van der Waals surface area contributed by atoms with Crippen molar-refractivity contribution in [2.45, 2.75) is 22.4 Å². The summed E-state index contributed by atoms with van der Waals surface area (Å²) in [5.41, 5.74) is -1.14. The highest BCUT2D eigenvalue weighted by atomic mass is 79.9. The van der Waals surface area contributed by atoms with Crippen LogP contribution in [0.15, 0.2) is 56.7 Å². The van der Waals surface area contributed by atoms with Crippen LogP contribution in [0.4, 0.5) is 13.2 Å². The van der Waals surface area contributed by atoms with Gasteiger partial charge >= 0.3 is 12.1 Å². The third-order valence-electron chi connectivity index (χ3n) is 2.78. The van der Waals surface area contributed by atoms with Gasteiger partial charge in [-0.05, 0) is 42.0 Å². The SMILES string of the molecule is O=C(O)Cc1ccc(Sc2ccc(Br)cc2)cc1C(F)(F)F. The topological polar surface area (TPSA) is 37.3 Å². The van der Waals surface area contributed by atoms with Crippen molar-refractivity contribution in [1.82, 2.24) is 0 Å². The minimum atomic E-state index is -4.58. The lowest BCUT2D eigenvalue weighted by molar-refractivity contribution is -0.139. The number of carboxylic acids is 1. The summed E-state index contributed by atoms with van der Waals surface area (Å²) < 4.78 is 40.1. The normalized spacial score (nSPS) is 11.5. The third-order valence-corrected chi connectivity index (χ3v) is 4.30. The van der Waals surface area contributed by atoms with Gasteiger partial charge in [0.25, 0.3) is 0 Å². The smallest absolute Gasteiger partial charge is 0.416 e. The van der Waals surface area contributed by atoms with Gasteiger partial charge in [0.2, 0.25) is 0 Å². The van der Waals surface area contributed by atoms with E-state index in [0.29, 0.717) is 4.90 Å². The van der Waals surface area contributed by atoms with E-state index < -0.39 is 24.1 Å². The van der Waals surface area contributed by atoms with Gasteiger partial charge in [-0.25, -0.2) is 0 Å². The summed E-state index contributed by atoms with van der Waals surface area (Å²) in [5.74, 6) is -1.29. The molecule has 0 amide bonds. The molecule has 0 fully saturated rings. The summed E-state index contributed by atoms with van der Waals surface area (Å²) in [5, 5.41) is 8.71. The van der Waals surface area contributed by atoms with Crippen LogP contribution in [-0.4, -0.2) is 11.1 Å². The molecule has 0 atom stereocenters. The van der Waals surface area contributed by atoms with E-state index in [1.54, 1.807) is 24.3 Å². The zero-order chi connectivity index (χ0) is 16.3. The van der Waals surface area contributed by atoms with Crippen molar-refractivity contribution in [2.24, 2.45) is 0 Å². The Labute approximate surface area is 137 Å². The van der Waals surface area contributed by atoms with Gasteiger partial charge in [0.05, 0.1) is 12.0 Å². The van der Waals surface area contributed by atoms with Gasteiger partial charge in [-0.2, -0.15) is 13.2 Å². The molecule has 0 spiro atoms. The Bertz CT molecular complexity index is 684. The molecule has 1 N–H and O–H groups in total. The summed E-state index contributed by atoms with van der Waals surface area (Å²) in [4.78, 5) is 11.9. The van der Waals surface area contributed by atoms with Gasteiger partial charge in [-0.15, -0.1) is 0 Å². The largest absolute Gasteiger partial charge is 0.481 e. The van der Waals surface area contributed by atoms with Gasteiger partial charge in [-0.3, -0.25) is 4.79 Å². The lowest BCUT2D eigenvalue weighted by Crippen LogP contribution is -2.12. The fourth-order valence-electron chi connectivity index (χ4n) is 1.84. The monoisotopic (exact) mass is 390 g/mol. The number of carboxylic acid groups (broad SMARTS) is 1. The first-order valence-electron chi connectivity index (χ1n) is 6.11. The van der Waals surface area contributed by atoms with E-state index in [1.807, 2.05) is 0 Å². The van der Waals surface area contributed by atoms with Crippen LogP contribution < -0.4 is 0 Å². The standard InChI is InChI=1S/C15H10BrF3O2S/c16-10-2-5-11(6-3-10)22-12-4-1-9(7-14(20)21)13(8-12)15(17,18)19/h1-6,8H,7H2,(H,20,21). The lowest BCUT2D eigenvalue weighted by atomic mass is 10.0. The quantitative estimate of drug-likeness (QED) is 0.774. The number of benzene rings is 2. The summed E-state index contributed by atoms with van der Waals surface area (Å²) in [6, 6.07) is 10.9. The number of halogens is 4. The van der Waals surface area contributed by atoms with Crippen molar-refractivity contribution < 1.29 is 23.1 Å². The molecule has 2 nitrogen and oxygen atoms in total. The minimum Gasteiger partial charge on any atom is -0.481 e. The summed E-state index contributed by atoms with van der Waals surface area (Å²) >= 11 is 4.47. The van der Waals surface area contributed by atoms with Crippen molar-refractivity contribution >= 4 is 33.7 Å². The summed E-state index contributed by atoms with van der Waals surface area (Å²) in [6.45, 7) is 0. The van der Waals surface area contributed by atoms with E-state index in [1.165, 1.54) is 23.9 Å². The first-order chi connectivity index (χ1) is 10.3. The first kappa shape index (κ1) is 16.9. The molecule has 2 aromatic carbocycles. The Hall–Kier alpha value is -1.47. The number of aliphatic carboxylic acids is 1. The molecule has 2 rings (SSSR count). The molecular formula is C15H10BrF3O2S. The molecular weight excluding hydrogens is 381 g/mol. The maximum Gasteiger partial charge on any atom is 0.416 e. The molecule has 7 heteroatoms. The molecule has 0 radical (unpaired) electrons. The van der Waals surface area contributed by atoms with E-state index in [-0.39, 0.29) is 5.56 Å². The number of hydrogen-bond acceptors (Lipinski definition) is 2. The van der Waals surface area contributed by atoms with Crippen LogP contribution in [-0.2, 0) is 17.4 Å². The predicted octanol–water partition coefficient (Wildman–Crippen LogP) is 5.25. The fraction of sp³-hybridized carbons (Fsp3) is 0.133. The Morgan fingerprint density at radius 3 is 2.23 bits per heavy atom. The van der Waals surface area contributed by atoms with E-state index in [2.05, 4.69) is 15.9 Å². The molecule has 0 aliphatic rings. The maximum absolute atomic E-state index is 13.1. The predicted molar refractivity (Wildman–Crippen MR) is 81.0 cm³/mol. The van der Waals surface area contributed by atoms with Crippen molar-refractivity contribution in [3.63, 3.8) is 0 Å². The summed E-state index contributed by atoms with van der Waals surface area (Å²) in [7, 11) is 0. The molecule has 0 aromatic heterocycles. The van der Waals surface area contributed by atoms with Crippen LogP contribution in [0.25, 0.3) is 0 Å². The molecule has 22 heavy (non-hydrogen) atoms. The van der Waals surface area contributed by atoms with E-state index >= 15 is 0 Å². The van der Waals surface area contributed by atoms with E-state index in [0.717, 1.165) is 15.4 Å². The molecule has 0 aliphatic carbocycles. The fourth-order valence-corrected chi connectivity index (χ4v) is 2.96. The molecule has 0 unspecified atom stereocenters. The minimum absolute atomic E-state index is 0.236. The van der Waals surface area contributed by atoms with Crippen LogP contribution in [0, 0.1) is 0 Å². The van der Waals surface area contributed by atoms with Gasteiger partial charge < -0.3 is 5.11 Å². The van der Waals surface area contributed by atoms with Crippen LogP contribution in [0.5, 0.6) is 0 Å². The molecule has 0 aliphatic heterocycles. The Morgan fingerprint density at radius 1 is 1.09 bits per heavy atom. The Balaban J connectivity index is 2.33. The van der Waals surface area contributed by atoms with Gasteiger partial charge in [0.1, 0.15) is 0 Å². The van der Waals surface area contributed by atoms with Crippen molar-refractivity contribution in [3.8, 4) is 0 Å². The molecule has 116 valence electrons. The van der Waals surface area contributed by atoms with Crippen LogP contribution >= 0.6 is 27.7 Å². The average Bonchev–Trinajstić information content (AvgIpc) is 2.41. The highest BCUT2D eigenvalue weighted by molar-refractivity contribution is 9.10. The number of alkyl halides is 3.